The second-order valence-electron chi connectivity index (χ2n) is 5.33. The van der Waals surface area contributed by atoms with Gasteiger partial charge in [-0.25, -0.2) is 0 Å². The molecule has 1 aromatic rings. The van der Waals surface area contributed by atoms with Crippen molar-refractivity contribution in [2.24, 2.45) is 0 Å². The third-order valence-electron chi connectivity index (χ3n) is 3.16. The maximum Gasteiger partial charge on any atom is 0.0608 e. The number of benzene rings is 1. The van der Waals surface area contributed by atoms with E-state index in [0.29, 0.717) is 0 Å². The van der Waals surface area contributed by atoms with Crippen molar-refractivity contribution in [2.45, 2.75) is 45.1 Å². The average Bonchev–Trinajstić information content (AvgIpc) is 2.62. The summed E-state index contributed by atoms with van der Waals surface area (Å²) in [5.41, 5.74) is 3.61. The van der Waals surface area contributed by atoms with Crippen LogP contribution < -0.4 is 5.32 Å². The Morgan fingerprint density at radius 3 is 2.75 bits per heavy atom. The van der Waals surface area contributed by atoms with Crippen LogP contribution in [0.2, 0.25) is 0 Å². The summed E-state index contributed by atoms with van der Waals surface area (Å²) in [6.07, 6.45) is 4.52. The SMILES string of the molecule is CC(C)(O)CCNc1ccc2c(c1)CCC2. The molecule has 2 N–H and O–H groups in total. The molecule has 16 heavy (non-hydrogen) atoms. The molecule has 0 spiro atoms. The predicted octanol–water partition coefficient (Wildman–Crippen LogP) is 2.75. The monoisotopic (exact) mass is 219 g/mol. The zero-order chi connectivity index (χ0) is 11.6. The molecule has 0 fully saturated rings. The van der Waals surface area contributed by atoms with Gasteiger partial charge >= 0.3 is 0 Å². The minimum Gasteiger partial charge on any atom is -0.390 e. The highest BCUT2D eigenvalue weighted by atomic mass is 16.3. The van der Waals surface area contributed by atoms with Crippen LogP contribution in [0.4, 0.5) is 5.69 Å². The molecular weight excluding hydrogens is 198 g/mol. The van der Waals surface area contributed by atoms with Crippen LogP contribution in [0.1, 0.15) is 37.8 Å². The van der Waals surface area contributed by atoms with Crippen LogP contribution in [0.15, 0.2) is 18.2 Å². The number of hydrogen-bond donors (Lipinski definition) is 2. The summed E-state index contributed by atoms with van der Waals surface area (Å²) in [5.74, 6) is 0. The lowest BCUT2D eigenvalue weighted by atomic mass is 10.1. The number of hydrogen-bond acceptors (Lipinski definition) is 2. The van der Waals surface area contributed by atoms with E-state index in [0.717, 1.165) is 13.0 Å². The lowest BCUT2D eigenvalue weighted by Crippen LogP contribution is -2.22. The smallest absolute Gasteiger partial charge is 0.0608 e. The van der Waals surface area contributed by atoms with Crippen LogP contribution in [0.5, 0.6) is 0 Å². The second-order valence-corrected chi connectivity index (χ2v) is 5.33. The fourth-order valence-electron chi connectivity index (χ4n) is 2.19. The Labute approximate surface area is 97.7 Å². The number of nitrogens with one attached hydrogen (secondary N) is 1. The van der Waals surface area contributed by atoms with Crippen molar-refractivity contribution >= 4 is 5.69 Å². The first-order valence-electron chi connectivity index (χ1n) is 6.13. The topological polar surface area (TPSA) is 32.3 Å². The number of anilines is 1. The van der Waals surface area contributed by atoms with E-state index >= 15 is 0 Å². The van der Waals surface area contributed by atoms with Gasteiger partial charge in [-0.3, -0.25) is 0 Å². The van der Waals surface area contributed by atoms with Crippen LogP contribution in [0.3, 0.4) is 0 Å². The Bertz CT molecular complexity index is 365. The Morgan fingerprint density at radius 2 is 2.00 bits per heavy atom. The highest BCUT2D eigenvalue weighted by Gasteiger charge is 2.13. The van der Waals surface area contributed by atoms with Crippen molar-refractivity contribution in [3.05, 3.63) is 29.3 Å². The maximum atomic E-state index is 9.61. The van der Waals surface area contributed by atoms with Gasteiger partial charge in [-0.05, 0) is 62.8 Å². The highest BCUT2D eigenvalue weighted by molar-refractivity contribution is 5.50. The van der Waals surface area contributed by atoms with Gasteiger partial charge < -0.3 is 10.4 Å². The first kappa shape index (κ1) is 11.5. The quantitative estimate of drug-likeness (QED) is 0.816. The summed E-state index contributed by atoms with van der Waals surface area (Å²) in [7, 11) is 0. The van der Waals surface area contributed by atoms with Crippen LogP contribution in [0.25, 0.3) is 0 Å². The van der Waals surface area contributed by atoms with Crippen molar-refractivity contribution in [1.29, 1.82) is 0 Å². The van der Waals surface area contributed by atoms with Crippen LogP contribution in [-0.4, -0.2) is 17.3 Å². The lowest BCUT2D eigenvalue weighted by molar-refractivity contribution is 0.0749. The van der Waals surface area contributed by atoms with Crippen molar-refractivity contribution in [1.82, 2.24) is 0 Å². The van der Waals surface area contributed by atoms with Gasteiger partial charge in [0.2, 0.25) is 0 Å². The molecule has 0 aromatic heterocycles. The average molecular weight is 219 g/mol. The summed E-state index contributed by atoms with van der Waals surface area (Å²) in [6, 6.07) is 6.63. The highest BCUT2D eigenvalue weighted by Crippen LogP contribution is 2.24. The normalized spacial score (nSPS) is 14.9. The van der Waals surface area contributed by atoms with Gasteiger partial charge in [-0.2, -0.15) is 0 Å². The van der Waals surface area contributed by atoms with Crippen LogP contribution >= 0.6 is 0 Å². The molecule has 0 aliphatic heterocycles. The molecule has 0 heterocycles. The van der Waals surface area contributed by atoms with Gasteiger partial charge in [0.25, 0.3) is 0 Å². The Kier molecular flexibility index (Phi) is 3.20. The van der Waals surface area contributed by atoms with Gasteiger partial charge in [0, 0.05) is 12.2 Å². The predicted molar refractivity (Wildman–Crippen MR) is 67.9 cm³/mol. The molecule has 2 heteroatoms. The minimum absolute atomic E-state index is 0.580. The van der Waals surface area contributed by atoms with E-state index < -0.39 is 5.60 Å². The molecule has 0 unspecified atom stereocenters. The first-order valence-corrected chi connectivity index (χ1v) is 6.13. The number of aliphatic hydroxyl groups is 1. The fraction of sp³-hybridized carbons (Fsp3) is 0.571. The molecule has 1 aromatic carbocycles. The van der Waals surface area contributed by atoms with E-state index in [4.69, 9.17) is 0 Å². The fourth-order valence-corrected chi connectivity index (χ4v) is 2.19. The summed E-state index contributed by atoms with van der Waals surface area (Å²) in [6.45, 7) is 4.51. The molecule has 0 saturated carbocycles. The van der Waals surface area contributed by atoms with E-state index in [1.807, 2.05) is 13.8 Å². The number of aryl methyl sites for hydroxylation is 2. The number of rotatable bonds is 4. The zero-order valence-electron chi connectivity index (χ0n) is 10.2. The van der Waals surface area contributed by atoms with Gasteiger partial charge in [0.05, 0.1) is 5.60 Å². The molecule has 0 radical (unpaired) electrons. The standard InChI is InChI=1S/C14H21NO/c1-14(2,16)8-9-15-13-7-6-11-4-3-5-12(11)10-13/h6-7,10,15-16H,3-5,8-9H2,1-2H3. The van der Waals surface area contributed by atoms with Gasteiger partial charge in [0.15, 0.2) is 0 Å². The molecule has 0 amide bonds. The molecular formula is C14H21NO. The molecule has 1 aliphatic rings. The summed E-state index contributed by atoms with van der Waals surface area (Å²) in [5, 5.41) is 13.0. The molecule has 88 valence electrons. The Balaban J connectivity index is 1.91. The molecule has 2 rings (SSSR count). The van der Waals surface area contributed by atoms with Crippen LogP contribution in [-0.2, 0) is 12.8 Å². The van der Waals surface area contributed by atoms with Crippen molar-refractivity contribution < 1.29 is 5.11 Å². The summed E-state index contributed by atoms with van der Waals surface area (Å²) < 4.78 is 0. The van der Waals surface area contributed by atoms with Gasteiger partial charge in [-0.1, -0.05) is 6.07 Å². The van der Waals surface area contributed by atoms with Crippen molar-refractivity contribution in [2.75, 3.05) is 11.9 Å². The third-order valence-corrected chi connectivity index (χ3v) is 3.16. The third kappa shape index (κ3) is 2.99. The van der Waals surface area contributed by atoms with Crippen molar-refractivity contribution in [3.8, 4) is 0 Å². The van der Waals surface area contributed by atoms with Crippen LogP contribution in [0, 0.1) is 0 Å². The van der Waals surface area contributed by atoms with Gasteiger partial charge in [-0.15, -0.1) is 0 Å². The lowest BCUT2D eigenvalue weighted by Gasteiger charge is -2.17. The summed E-state index contributed by atoms with van der Waals surface area (Å²) >= 11 is 0. The molecule has 1 aliphatic carbocycles. The Morgan fingerprint density at radius 1 is 1.25 bits per heavy atom. The molecule has 0 bridgehead atoms. The van der Waals surface area contributed by atoms with Gasteiger partial charge in [0.1, 0.15) is 0 Å². The van der Waals surface area contributed by atoms with E-state index in [1.54, 1.807) is 0 Å². The second kappa shape index (κ2) is 4.46. The maximum absolute atomic E-state index is 9.61. The largest absolute Gasteiger partial charge is 0.390 e. The molecule has 0 atom stereocenters. The first-order chi connectivity index (χ1) is 7.54. The van der Waals surface area contributed by atoms with Crippen molar-refractivity contribution in [3.63, 3.8) is 0 Å². The van der Waals surface area contributed by atoms with E-state index in [1.165, 1.54) is 36.1 Å². The van der Waals surface area contributed by atoms with E-state index in [-0.39, 0.29) is 0 Å². The minimum atomic E-state index is -0.580. The summed E-state index contributed by atoms with van der Waals surface area (Å²) in [4.78, 5) is 0. The zero-order valence-corrected chi connectivity index (χ0v) is 10.2. The molecule has 2 nitrogen and oxygen atoms in total. The van der Waals surface area contributed by atoms with E-state index in [2.05, 4.69) is 23.5 Å². The number of fused-ring (bicyclic) bond motifs is 1. The molecule has 0 saturated heterocycles. The van der Waals surface area contributed by atoms with E-state index in [9.17, 15) is 5.11 Å². The Hall–Kier alpha value is -1.02.